The molecule has 6 nitrogen and oxygen atoms in total. The van der Waals surface area contributed by atoms with Crippen LogP contribution in [0.15, 0.2) is 60.4 Å². The molecule has 0 aliphatic carbocycles. The Hall–Kier alpha value is -3.93. The number of benzene rings is 3. The molecule has 4 rings (SSSR count). The molecule has 0 N–H and O–H groups in total. The molecule has 0 atom stereocenters. The quantitative estimate of drug-likeness (QED) is 0.477. The molecular formula is C26H24O6. The zero-order valence-corrected chi connectivity index (χ0v) is 18.4. The highest BCUT2D eigenvalue weighted by molar-refractivity contribution is 6.15. The average Bonchev–Trinajstić information content (AvgIpc) is 3.13. The summed E-state index contributed by atoms with van der Waals surface area (Å²) in [5.74, 6) is 3.19. The Kier molecular flexibility index (Phi) is 6.03. The van der Waals surface area contributed by atoms with E-state index in [2.05, 4.69) is 0 Å². The van der Waals surface area contributed by atoms with Gasteiger partial charge in [0.1, 0.15) is 35.4 Å². The molecule has 1 aliphatic heterocycles. The van der Waals surface area contributed by atoms with Crippen molar-refractivity contribution >= 4 is 11.9 Å². The Balaban J connectivity index is 1.57. The lowest BCUT2D eigenvalue weighted by molar-refractivity contribution is 0.101. The Labute approximate surface area is 186 Å². The van der Waals surface area contributed by atoms with Crippen LogP contribution in [0.1, 0.15) is 27.0 Å². The zero-order valence-electron chi connectivity index (χ0n) is 18.4. The van der Waals surface area contributed by atoms with Crippen LogP contribution in [-0.4, -0.2) is 27.1 Å². The summed E-state index contributed by atoms with van der Waals surface area (Å²) in [4.78, 5) is 13.0. The maximum atomic E-state index is 13.0. The van der Waals surface area contributed by atoms with Crippen LogP contribution in [0.25, 0.3) is 6.08 Å². The number of carbonyl (C=O) groups is 1. The lowest BCUT2D eigenvalue weighted by Crippen LogP contribution is -2.00. The summed E-state index contributed by atoms with van der Waals surface area (Å²) < 4.78 is 27.8. The van der Waals surface area contributed by atoms with Gasteiger partial charge >= 0.3 is 0 Å². The van der Waals surface area contributed by atoms with E-state index in [1.54, 1.807) is 45.6 Å². The summed E-state index contributed by atoms with van der Waals surface area (Å²) in [7, 11) is 4.79. The van der Waals surface area contributed by atoms with Crippen molar-refractivity contribution in [3.8, 4) is 28.7 Å². The van der Waals surface area contributed by atoms with Crippen LogP contribution in [0.4, 0.5) is 0 Å². The monoisotopic (exact) mass is 432 g/mol. The van der Waals surface area contributed by atoms with Gasteiger partial charge in [-0.1, -0.05) is 12.1 Å². The molecule has 164 valence electrons. The van der Waals surface area contributed by atoms with E-state index in [9.17, 15) is 4.79 Å². The Morgan fingerprint density at radius 3 is 2.41 bits per heavy atom. The number of fused-ring (bicyclic) bond motifs is 1. The molecule has 0 amide bonds. The van der Waals surface area contributed by atoms with Crippen LogP contribution in [-0.2, 0) is 6.61 Å². The fraction of sp³-hybridized carbons (Fsp3) is 0.192. The predicted octanol–water partition coefficient (Wildman–Crippen LogP) is 5.22. The molecule has 0 spiro atoms. The number of Topliss-reactive ketones (excluding diaryl/α,β-unsaturated/α-hetero) is 1. The minimum absolute atomic E-state index is 0.172. The van der Waals surface area contributed by atoms with E-state index in [0.29, 0.717) is 35.2 Å². The maximum Gasteiger partial charge on any atom is 0.232 e. The van der Waals surface area contributed by atoms with Crippen LogP contribution >= 0.6 is 0 Å². The molecule has 1 aliphatic rings. The number of allylic oxidation sites excluding steroid dienone is 1. The molecule has 0 aromatic heterocycles. The van der Waals surface area contributed by atoms with E-state index in [4.69, 9.17) is 23.7 Å². The molecule has 0 saturated heterocycles. The topological polar surface area (TPSA) is 63.2 Å². The van der Waals surface area contributed by atoms with Crippen molar-refractivity contribution in [3.63, 3.8) is 0 Å². The van der Waals surface area contributed by atoms with Crippen LogP contribution < -0.4 is 23.7 Å². The molecule has 0 fully saturated rings. The van der Waals surface area contributed by atoms with Gasteiger partial charge in [-0.2, -0.15) is 0 Å². The predicted molar refractivity (Wildman–Crippen MR) is 121 cm³/mol. The molecular weight excluding hydrogens is 408 g/mol. The van der Waals surface area contributed by atoms with Gasteiger partial charge in [-0.05, 0) is 54.5 Å². The Bertz CT molecular complexity index is 1190. The second-order valence-corrected chi connectivity index (χ2v) is 7.30. The molecule has 32 heavy (non-hydrogen) atoms. The van der Waals surface area contributed by atoms with Gasteiger partial charge in [0, 0.05) is 17.7 Å². The minimum Gasteiger partial charge on any atom is -0.497 e. The van der Waals surface area contributed by atoms with Crippen LogP contribution in [0.2, 0.25) is 0 Å². The van der Waals surface area contributed by atoms with Crippen LogP contribution in [0, 0.1) is 6.92 Å². The van der Waals surface area contributed by atoms with E-state index in [-0.39, 0.29) is 11.5 Å². The normalized spacial score (nSPS) is 13.5. The number of carbonyl (C=O) groups excluding carboxylic acids is 1. The average molecular weight is 432 g/mol. The van der Waals surface area contributed by atoms with Crippen molar-refractivity contribution in [1.29, 1.82) is 0 Å². The molecule has 0 saturated carbocycles. The summed E-state index contributed by atoms with van der Waals surface area (Å²) >= 11 is 0. The second-order valence-electron chi connectivity index (χ2n) is 7.30. The number of rotatable bonds is 7. The number of ketones is 1. The van der Waals surface area contributed by atoms with Crippen molar-refractivity contribution in [3.05, 3.63) is 82.6 Å². The highest BCUT2D eigenvalue weighted by Crippen LogP contribution is 2.38. The summed E-state index contributed by atoms with van der Waals surface area (Å²) in [6.45, 7) is 2.24. The standard InChI is InChI=1S/C26H24O6/c1-16-10-21(31-15-17-6-5-7-19(11-17)28-2)14-23-25(16)26(27)24(32-23)12-18-8-9-20(29-3)13-22(18)30-4/h5-14H,15H2,1-4H3/b24-12-. The summed E-state index contributed by atoms with van der Waals surface area (Å²) in [6.07, 6.45) is 1.68. The lowest BCUT2D eigenvalue weighted by atomic mass is 10.0. The SMILES string of the molecule is COc1cccc(COc2cc(C)c3c(c2)O/C(=C\c2ccc(OC)cc2OC)C3=O)c1. The number of aryl methyl sites for hydroxylation is 1. The van der Waals surface area contributed by atoms with Crippen molar-refractivity contribution in [2.45, 2.75) is 13.5 Å². The van der Waals surface area contributed by atoms with Gasteiger partial charge in [0.05, 0.1) is 26.9 Å². The first-order chi connectivity index (χ1) is 15.5. The highest BCUT2D eigenvalue weighted by atomic mass is 16.5. The van der Waals surface area contributed by atoms with Crippen LogP contribution in [0.3, 0.4) is 0 Å². The molecule has 0 radical (unpaired) electrons. The van der Waals surface area contributed by atoms with Crippen molar-refractivity contribution in [2.75, 3.05) is 21.3 Å². The van der Waals surface area contributed by atoms with Gasteiger partial charge in [0.25, 0.3) is 0 Å². The molecule has 3 aromatic rings. The van der Waals surface area contributed by atoms with E-state index in [1.807, 2.05) is 43.3 Å². The van der Waals surface area contributed by atoms with Crippen molar-refractivity contribution in [2.24, 2.45) is 0 Å². The largest absolute Gasteiger partial charge is 0.497 e. The van der Waals surface area contributed by atoms with E-state index in [0.717, 1.165) is 22.4 Å². The van der Waals surface area contributed by atoms with Gasteiger partial charge in [-0.3, -0.25) is 4.79 Å². The van der Waals surface area contributed by atoms with Gasteiger partial charge in [-0.25, -0.2) is 0 Å². The fourth-order valence-electron chi connectivity index (χ4n) is 3.57. The Morgan fingerprint density at radius 2 is 1.66 bits per heavy atom. The molecule has 6 heteroatoms. The van der Waals surface area contributed by atoms with E-state index >= 15 is 0 Å². The van der Waals surface area contributed by atoms with Crippen molar-refractivity contribution in [1.82, 2.24) is 0 Å². The number of hydrogen-bond donors (Lipinski definition) is 0. The van der Waals surface area contributed by atoms with Gasteiger partial charge in [0.2, 0.25) is 5.78 Å². The minimum atomic E-state index is -0.172. The number of ether oxygens (including phenoxy) is 5. The van der Waals surface area contributed by atoms with Gasteiger partial charge < -0.3 is 23.7 Å². The highest BCUT2D eigenvalue weighted by Gasteiger charge is 2.30. The first-order valence-corrected chi connectivity index (χ1v) is 10.1. The molecule has 3 aromatic carbocycles. The third kappa shape index (κ3) is 4.25. The van der Waals surface area contributed by atoms with Gasteiger partial charge in [-0.15, -0.1) is 0 Å². The number of methoxy groups -OCH3 is 3. The van der Waals surface area contributed by atoms with Crippen LogP contribution in [0.5, 0.6) is 28.7 Å². The fourth-order valence-corrected chi connectivity index (χ4v) is 3.57. The Morgan fingerprint density at radius 1 is 0.875 bits per heavy atom. The zero-order chi connectivity index (χ0) is 22.7. The van der Waals surface area contributed by atoms with Crippen molar-refractivity contribution < 1.29 is 28.5 Å². The third-order valence-corrected chi connectivity index (χ3v) is 5.21. The summed E-state index contributed by atoms with van der Waals surface area (Å²) in [5.41, 5.74) is 3.03. The lowest BCUT2D eigenvalue weighted by Gasteiger charge is -2.10. The number of hydrogen-bond acceptors (Lipinski definition) is 6. The molecule has 0 bridgehead atoms. The molecule has 1 heterocycles. The second kappa shape index (κ2) is 9.06. The molecule has 0 unspecified atom stereocenters. The first-order valence-electron chi connectivity index (χ1n) is 10.1. The van der Waals surface area contributed by atoms with E-state index in [1.165, 1.54) is 0 Å². The maximum absolute atomic E-state index is 13.0. The van der Waals surface area contributed by atoms with Gasteiger partial charge in [0.15, 0.2) is 5.76 Å². The van der Waals surface area contributed by atoms with E-state index < -0.39 is 0 Å². The first kappa shape index (κ1) is 21.3. The summed E-state index contributed by atoms with van der Waals surface area (Å²) in [6, 6.07) is 16.6. The smallest absolute Gasteiger partial charge is 0.232 e. The summed E-state index contributed by atoms with van der Waals surface area (Å²) in [5, 5.41) is 0. The third-order valence-electron chi connectivity index (χ3n) is 5.21.